The van der Waals surface area contributed by atoms with Crippen LogP contribution in [0.2, 0.25) is 0 Å². The Morgan fingerprint density at radius 1 is 1.11 bits per heavy atom. The molecule has 2 rings (SSSR count). The Kier molecular flexibility index (Phi) is 8.84. The summed E-state index contributed by atoms with van der Waals surface area (Å²) in [4.78, 5) is 11.6. The molecule has 148 valence electrons. The third-order valence-corrected chi connectivity index (χ3v) is 4.43. The standard InChI is InChI=1S/C21H33N5O/c1-5-22-21(23-13-8-14-26(6-2)7-3)24-15-19-16-27-20(25-19)18-11-9-17(4)10-12-18/h9-12,16H,5-8,13-15H2,1-4H3,(H2,22,23,24). The highest BCUT2D eigenvalue weighted by molar-refractivity contribution is 5.79. The predicted octanol–water partition coefficient (Wildman–Crippen LogP) is 3.44. The molecule has 1 aromatic heterocycles. The number of hydrogen-bond acceptors (Lipinski definition) is 4. The van der Waals surface area contributed by atoms with Gasteiger partial charge >= 0.3 is 0 Å². The van der Waals surface area contributed by atoms with Gasteiger partial charge in [-0.05, 0) is 52.0 Å². The van der Waals surface area contributed by atoms with E-state index in [1.54, 1.807) is 6.26 Å². The molecule has 6 heteroatoms. The predicted molar refractivity (Wildman–Crippen MR) is 112 cm³/mol. The van der Waals surface area contributed by atoms with Crippen molar-refractivity contribution in [3.8, 4) is 11.5 Å². The average Bonchev–Trinajstić information content (AvgIpc) is 3.15. The monoisotopic (exact) mass is 371 g/mol. The third-order valence-electron chi connectivity index (χ3n) is 4.43. The number of rotatable bonds is 10. The number of hydrogen-bond donors (Lipinski definition) is 2. The molecule has 0 fully saturated rings. The minimum Gasteiger partial charge on any atom is -0.444 e. The van der Waals surface area contributed by atoms with Gasteiger partial charge in [-0.25, -0.2) is 9.98 Å². The summed E-state index contributed by atoms with van der Waals surface area (Å²) < 4.78 is 5.61. The lowest BCUT2D eigenvalue weighted by molar-refractivity contribution is 0.300. The van der Waals surface area contributed by atoms with E-state index in [2.05, 4.69) is 65.3 Å². The van der Waals surface area contributed by atoms with Crippen LogP contribution in [0.5, 0.6) is 0 Å². The molecule has 0 aliphatic heterocycles. The van der Waals surface area contributed by atoms with Gasteiger partial charge in [-0.3, -0.25) is 0 Å². The number of aryl methyl sites for hydroxylation is 1. The Morgan fingerprint density at radius 2 is 1.85 bits per heavy atom. The van der Waals surface area contributed by atoms with Gasteiger partial charge < -0.3 is 20.0 Å². The molecule has 0 aliphatic rings. The van der Waals surface area contributed by atoms with Crippen LogP contribution < -0.4 is 10.6 Å². The second-order valence-corrected chi connectivity index (χ2v) is 6.51. The summed E-state index contributed by atoms with van der Waals surface area (Å²) in [5.74, 6) is 1.45. The smallest absolute Gasteiger partial charge is 0.226 e. The van der Waals surface area contributed by atoms with Crippen LogP contribution in [0.1, 0.15) is 38.4 Å². The van der Waals surface area contributed by atoms with E-state index in [0.717, 1.165) is 56.4 Å². The normalized spacial score (nSPS) is 11.8. The molecule has 1 heterocycles. The van der Waals surface area contributed by atoms with E-state index in [0.29, 0.717) is 12.4 Å². The maximum atomic E-state index is 5.61. The Hall–Kier alpha value is -2.34. The number of aromatic nitrogens is 1. The summed E-state index contributed by atoms with van der Waals surface area (Å²) in [7, 11) is 0. The van der Waals surface area contributed by atoms with Gasteiger partial charge in [0.1, 0.15) is 12.0 Å². The molecule has 0 saturated carbocycles. The van der Waals surface area contributed by atoms with Crippen molar-refractivity contribution in [1.82, 2.24) is 20.5 Å². The molecule has 27 heavy (non-hydrogen) atoms. The fourth-order valence-corrected chi connectivity index (χ4v) is 2.76. The van der Waals surface area contributed by atoms with Gasteiger partial charge in [0.2, 0.25) is 5.89 Å². The fourth-order valence-electron chi connectivity index (χ4n) is 2.76. The van der Waals surface area contributed by atoms with Crippen LogP contribution >= 0.6 is 0 Å². The van der Waals surface area contributed by atoms with Gasteiger partial charge in [-0.2, -0.15) is 0 Å². The van der Waals surface area contributed by atoms with Crippen molar-refractivity contribution >= 4 is 5.96 Å². The van der Waals surface area contributed by atoms with E-state index in [-0.39, 0.29) is 0 Å². The molecule has 2 aromatic rings. The lowest BCUT2D eigenvalue weighted by Crippen LogP contribution is -2.38. The van der Waals surface area contributed by atoms with Gasteiger partial charge in [-0.15, -0.1) is 0 Å². The molecule has 0 aliphatic carbocycles. The summed E-state index contributed by atoms with van der Waals surface area (Å²) in [6, 6.07) is 8.16. The van der Waals surface area contributed by atoms with Gasteiger partial charge in [-0.1, -0.05) is 31.5 Å². The molecule has 0 amide bonds. The van der Waals surface area contributed by atoms with Crippen molar-refractivity contribution in [3.05, 3.63) is 41.8 Å². The number of benzene rings is 1. The summed E-state index contributed by atoms with van der Waals surface area (Å²) in [5.41, 5.74) is 3.03. The van der Waals surface area contributed by atoms with E-state index < -0.39 is 0 Å². The molecule has 0 saturated heterocycles. The highest BCUT2D eigenvalue weighted by Crippen LogP contribution is 2.19. The second-order valence-electron chi connectivity index (χ2n) is 6.51. The Labute approximate surface area is 163 Å². The molecule has 6 nitrogen and oxygen atoms in total. The Balaban J connectivity index is 1.87. The molecule has 0 atom stereocenters. The van der Waals surface area contributed by atoms with E-state index in [1.807, 2.05) is 12.1 Å². The first kappa shape index (κ1) is 21.0. The molecule has 0 radical (unpaired) electrons. The molecule has 1 aromatic carbocycles. The van der Waals surface area contributed by atoms with Gasteiger partial charge in [0, 0.05) is 18.7 Å². The average molecular weight is 372 g/mol. The highest BCUT2D eigenvalue weighted by Gasteiger charge is 2.07. The maximum Gasteiger partial charge on any atom is 0.226 e. The lowest BCUT2D eigenvalue weighted by atomic mass is 10.1. The van der Waals surface area contributed by atoms with Crippen LogP contribution in [-0.4, -0.2) is 48.6 Å². The van der Waals surface area contributed by atoms with Crippen LogP contribution in [0.3, 0.4) is 0 Å². The summed E-state index contributed by atoms with van der Waals surface area (Å²) in [5, 5.41) is 6.67. The molecular weight excluding hydrogens is 338 g/mol. The van der Waals surface area contributed by atoms with Crippen LogP contribution in [0.15, 0.2) is 39.9 Å². The first-order valence-electron chi connectivity index (χ1n) is 9.92. The first-order chi connectivity index (χ1) is 13.2. The van der Waals surface area contributed by atoms with Crippen molar-refractivity contribution < 1.29 is 4.42 Å². The van der Waals surface area contributed by atoms with E-state index >= 15 is 0 Å². The van der Waals surface area contributed by atoms with Crippen LogP contribution in [0.25, 0.3) is 11.5 Å². The summed E-state index contributed by atoms with van der Waals surface area (Å²) in [6.07, 6.45) is 2.77. The molecular formula is C21H33N5O. The quantitative estimate of drug-likeness (QED) is 0.380. The van der Waals surface area contributed by atoms with E-state index in [9.17, 15) is 0 Å². The minimum atomic E-state index is 0.487. The zero-order chi connectivity index (χ0) is 19.5. The Morgan fingerprint density at radius 3 is 2.52 bits per heavy atom. The Bertz CT molecular complexity index is 689. The molecule has 0 unspecified atom stereocenters. The van der Waals surface area contributed by atoms with E-state index in [1.165, 1.54) is 5.56 Å². The van der Waals surface area contributed by atoms with Crippen LogP contribution in [0.4, 0.5) is 0 Å². The molecule has 2 N–H and O–H groups in total. The van der Waals surface area contributed by atoms with Crippen molar-refractivity contribution in [1.29, 1.82) is 0 Å². The molecule has 0 spiro atoms. The van der Waals surface area contributed by atoms with E-state index in [4.69, 9.17) is 4.42 Å². The van der Waals surface area contributed by atoms with Crippen molar-refractivity contribution in [3.63, 3.8) is 0 Å². The zero-order valence-corrected chi connectivity index (χ0v) is 17.1. The second kappa shape index (κ2) is 11.4. The number of nitrogens with one attached hydrogen (secondary N) is 2. The lowest BCUT2D eigenvalue weighted by Gasteiger charge is -2.18. The molecule has 0 bridgehead atoms. The minimum absolute atomic E-state index is 0.487. The summed E-state index contributed by atoms with van der Waals surface area (Å²) >= 11 is 0. The topological polar surface area (TPSA) is 65.7 Å². The van der Waals surface area contributed by atoms with Gasteiger partial charge in [0.15, 0.2) is 5.96 Å². The first-order valence-corrected chi connectivity index (χ1v) is 9.92. The SMILES string of the molecule is CCNC(=NCc1coc(-c2ccc(C)cc2)n1)NCCCN(CC)CC. The van der Waals surface area contributed by atoms with Crippen molar-refractivity contribution in [2.75, 3.05) is 32.7 Å². The number of nitrogens with zero attached hydrogens (tertiary/aromatic N) is 3. The van der Waals surface area contributed by atoms with Gasteiger partial charge in [0.05, 0.1) is 6.54 Å². The third kappa shape index (κ3) is 7.06. The fraction of sp³-hybridized carbons (Fsp3) is 0.524. The largest absolute Gasteiger partial charge is 0.444 e. The summed E-state index contributed by atoms with van der Waals surface area (Å²) in [6.45, 7) is 14.0. The number of guanidine groups is 1. The van der Waals surface area contributed by atoms with Crippen molar-refractivity contribution in [2.45, 2.75) is 40.7 Å². The van der Waals surface area contributed by atoms with Gasteiger partial charge in [0.25, 0.3) is 0 Å². The number of aliphatic imine (C=N–C) groups is 1. The van der Waals surface area contributed by atoms with Crippen LogP contribution in [-0.2, 0) is 6.54 Å². The number of oxazole rings is 1. The zero-order valence-electron chi connectivity index (χ0n) is 17.1. The van der Waals surface area contributed by atoms with Crippen LogP contribution in [0, 0.1) is 6.92 Å². The maximum absolute atomic E-state index is 5.61. The van der Waals surface area contributed by atoms with Crippen molar-refractivity contribution in [2.24, 2.45) is 4.99 Å². The highest BCUT2D eigenvalue weighted by atomic mass is 16.3.